The lowest BCUT2D eigenvalue weighted by Crippen LogP contribution is -2.47. The van der Waals surface area contributed by atoms with Crippen LogP contribution in [0, 0.1) is 6.92 Å². The first-order valence-corrected chi connectivity index (χ1v) is 9.14. The number of amides is 1. The van der Waals surface area contributed by atoms with Crippen molar-refractivity contribution in [2.75, 3.05) is 0 Å². The van der Waals surface area contributed by atoms with Gasteiger partial charge in [-0.25, -0.2) is 0 Å². The molecule has 0 aliphatic heterocycles. The summed E-state index contributed by atoms with van der Waals surface area (Å²) in [6.45, 7) is 2.35. The molecule has 0 unspecified atom stereocenters. The Bertz CT molecular complexity index is 807. The highest BCUT2D eigenvalue weighted by molar-refractivity contribution is 7.80. The number of carbonyl (C=O) groups is 1. The number of hydrogen-bond donors (Lipinski definition) is 3. The van der Waals surface area contributed by atoms with Gasteiger partial charge in [0, 0.05) is 16.6 Å². The first-order valence-electron chi connectivity index (χ1n) is 8.36. The molecule has 2 aromatic rings. The predicted octanol–water partition coefficient (Wildman–Crippen LogP) is 3.50. The van der Waals surface area contributed by atoms with E-state index in [0.717, 1.165) is 29.7 Å². The normalized spacial score (nSPS) is 13.0. The molecule has 2 aromatic carbocycles. The molecule has 0 bridgehead atoms. The van der Waals surface area contributed by atoms with E-state index >= 15 is 0 Å². The molecule has 1 saturated carbocycles. The third-order valence-electron chi connectivity index (χ3n) is 3.95. The lowest BCUT2D eigenvalue weighted by Gasteiger charge is -2.11. The lowest BCUT2D eigenvalue weighted by atomic mass is 10.1. The van der Waals surface area contributed by atoms with Crippen molar-refractivity contribution in [3.05, 3.63) is 64.2 Å². The molecule has 1 aliphatic carbocycles. The maximum Gasteiger partial charge on any atom is 0.269 e. The summed E-state index contributed by atoms with van der Waals surface area (Å²) in [5.41, 5.74) is 7.77. The number of hydrazine groups is 1. The van der Waals surface area contributed by atoms with E-state index in [-0.39, 0.29) is 5.91 Å². The number of thiocarbonyl (C=S) groups is 1. The molecule has 7 heteroatoms. The van der Waals surface area contributed by atoms with Gasteiger partial charge >= 0.3 is 0 Å². The summed E-state index contributed by atoms with van der Waals surface area (Å²) < 4.78 is 5.75. The van der Waals surface area contributed by atoms with Crippen molar-refractivity contribution in [1.82, 2.24) is 16.2 Å². The fourth-order valence-corrected chi connectivity index (χ4v) is 2.60. The van der Waals surface area contributed by atoms with Gasteiger partial charge in [0.2, 0.25) is 0 Å². The zero-order chi connectivity index (χ0) is 18.5. The number of rotatable bonds is 5. The SMILES string of the molecule is Cc1cc(OCc2ccc(C(=O)NNC(=S)NC3CC3)cc2)ccc1Cl. The van der Waals surface area contributed by atoms with Crippen LogP contribution in [0.2, 0.25) is 5.02 Å². The molecule has 0 saturated heterocycles. The van der Waals surface area contributed by atoms with Crippen molar-refractivity contribution < 1.29 is 9.53 Å². The highest BCUT2D eigenvalue weighted by Crippen LogP contribution is 2.22. The molecule has 5 nitrogen and oxygen atoms in total. The number of aryl methyl sites for hydroxylation is 1. The molecule has 0 spiro atoms. The monoisotopic (exact) mass is 389 g/mol. The number of hydrogen-bond acceptors (Lipinski definition) is 3. The van der Waals surface area contributed by atoms with Gasteiger partial charge in [-0.05, 0) is 73.4 Å². The number of halogens is 1. The molecule has 0 heterocycles. The first kappa shape index (κ1) is 18.5. The Morgan fingerprint density at radius 1 is 1.19 bits per heavy atom. The fourth-order valence-electron chi connectivity index (χ4n) is 2.26. The molecule has 0 radical (unpaired) electrons. The third-order valence-corrected chi connectivity index (χ3v) is 4.60. The minimum atomic E-state index is -0.245. The van der Waals surface area contributed by atoms with Crippen LogP contribution in [0.1, 0.15) is 34.3 Å². The molecule has 0 aromatic heterocycles. The Kier molecular flexibility index (Phi) is 5.96. The van der Waals surface area contributed by atoms with Crippen LogP contribution in [0.3, 0.4) is 0 Å². The molecule has 1 fully saturated rings. The average molecular weight is 390 g/mol. The van der Waals surface area contributed by atoms with Crippen molar-refractivity contribution >= 4 is 34.8 Å². The molecule has 1 aliphatic rings. The van der Waals surface area contributed by atoms with Crippen molar-refractivity contribution in [2.45, 2.75) is 32.4 Å². The Labute approximate surface area is 163 Å². The highest BCUT2D eigenvalue weighted by atomic mass is 35.5. The zero-order valence-corrected chi connectivity index (χ0v) is 15.9. The van der Waals surface area contributed by atoms with E-state index < -0.39 is 0 Å². The molecule has 3 rings (SSSR count). The molecule has 1 amide bonds. The average Bonchev–Trinajstić information content (AvgIpc) is 3.45. The van der Waals surface area contributed by atoms with Crippen molar-refractivity contribution in [3.63, 3.8) is 0 Å². The van der Waals surface area contributed by atoms with Crippen molar-refractivity contribution in [1.29, 1.82) is 0 Å². The topological polar surface area (TPSA) is 62.4 Å². The summed E-state index contributed by atoms with van der Waals surface area (Å²) in [4.78, 5) is 12.1. The van der Waals surface area contributed by atoms with E-state index in [1.807, 2.05) is 37.3 Å². The number of nitrogens with one attached hydrogen (secondary N) is 3. The minimum Gasteiger partial charge on any atom is -0.489 e. The Morgan fingerprint density at radius 3 is 2.58 bits per heavy atom. The molecule has 0 atom stereocenters. The van der Waals surface area contributed by atoms with Crippen LogP contribution in [0.5, 0.6) is 5.75 Å². The van der Waals surface area contributed by atoms with Crippen LogP contribution in [-0.4, -0.2) is 17.1 Å². The Morgan fingerprint density at radius 2 is 1.92 bits per heavy atom. The second-order valence-electron chi connectivity index (χ2n) is 6.22. The number of carbonyl (C=O) groups excluding carboxylic acids is 1. The molecule has 3 N–H and O–H groups in total. The summed E-state index contributed by atoms with van der Waals surface area (Å²) >= 11 is 11.1. The molecular formula is C19H20ClN3O2S. The van der Waals surface area contributed by atoms with Gasteiger partial charge in [0.15, 0.2) is 5.11 Å². The number of benzene rings is 2. The molecular weight excluding hydrogens is 370 g/mol. The van der Waals surface area contributed by atoms with Crippen LogP contribution < -0.4 is 20.9 Å². The predicted molar refractivity (Wildman–Crippen MR) is 106 cm³/mol. The summed E-state index contributed by atoms with van der Waals surface area (Å²) in [7, 11) is 0. The van der Waals surface area contributed by atoms with E-state index in [9.17, 15) is 4.79 Å². The molecule has 26 heavy (non-hydrogen) atoms. The van der Waals surface area contributed by atoms with Crippen molar-refractivity contribution in [2.24, 2.45) is 0 Å². The van der Waals surface area contributed by atoms with Crippen LogP contribution in [0.25, 0.3) is 0 Å². The van der Waals surface area contributed by atoms with Gasteiger partial charge in [-0.1, -0.05) is 23.7 Å². The lowest BCUT2D eigenvalue weighted by molar-refractivity contribution is 0.0943. The maximum atomic E-state index is 12.1. The van der Waals surface area contributed by atoms with E-state index in [2.05, 4.69) is 16.2 Å². The third kappa shape index (κ3) is 5.34. The second-order valence-corrected chi connectivity index (χ2v) is 7.04. The van der Waals surface area contributed by atoms with Gasteiger partial charge in [0.1, 0.15) is 12.4 Å². The van der Waals surface area contributed by atoms with E-state index in [1.54, 1.807) is 12.1 Å². The first-order chi connectivity index (χ1) is 12.5. The van der Waals surface area contributed by atoms with Crippen LogP contribution in [-0.2, 0) is 6.61 Å². The van der Waals surface area contributed by atoms with Gasteiger partial charge in [-0.2, -0.15) is 0 Å². The van der Waals surface area contributed by atoms with Crippen LogP contribution >= 0.6 is 23.8 Å². The van der Waals surface area contributed by atoms with Gasteiger partial charge in [-0.3, -0.25) is 15.6 Å². The summed E-state index contributed by atoms with van der Waals surface area (Å²) in [5, 5.41) is 4.24. The fraction of sp³-hybridized carbons (Fsp3) is 0.263. The quantitative estimate of drug-likeness (QED) is 0.539. The Hall–Kier alpha value is -2.31. The van der Waals surface area contributed by atoms with Crippen LogP contribution in [0.15, 0.2) is 42.5 Å². The smallest absolute Gasteiger partial charge is 0.269 e. The standard InChI is InChI=1S/C19H20ClN3O2S/c1-12-10-16(8-9-17(12)20)25-11-13-2-4-14(5-3-13)18(24)22-23-19(26)21-15-6-7-15/h2-5,8-10,15H,6-7,11H2,1H3,(H,22,24)(H2,21,23,26). The van der Waals surface area contributed by atoms with Crippen LogP contribution in [0.4, 0.5) is 0 Å². The Balaban J connectivity index is 1.48. The summed E-state index contributed by atoms with van der Waals surface area (Å²) in [6, 6.07) is 13.2. The van der Waals surface area contributed by atoms with Gasteiger partial charge in [-0.15, -0.1) is 0 Å². The number of ether oxygens (including phenoxy) is 1. The molecule has 136 valence electrons. The largest absolute Gasteiger partial charge is 0.489 e. The maximum absolute atomic E-state index is 12.1. The van der Waals surface area contributed by atoms with E-state index in [0.29, 0.717) is 28.3 Å². The van der Waals surface area contributed by atoms with Crippen molar-refractivity contribution in [3.8, 4) is 5.75 Å². The summed E-state index contributed by atoms with van der Waals surface area (Å²) in [5.74, 6) is 0.514. The zero-order valence-electron chi connectivity index (χ0n) is 14.3. The van der Waals surface area contributed by atoms with Gasteiger partial charge < -0.3 is 10.1 Å². The summed E-state index contributed by atoms with van der Waals surface area (Å²) in [6.07, 6.45) is 2.24. The second kappa shape index (κ2) is 8.38. The van der Waals surface area contributed by atoms with Gasteiger partial charge in [0.05, 0.1) is 0 Å². The van der Waals surface area contributed by atoms with Gasteiger partial charge in [0.25, 0.3) is 5.91 Å². The minimum absolute atomic E-state index is 0.245. The van der Waals surface area contributed by atoms with E-state index in [4.69, 9.17) is 28.6 Å². The van der Waals surface area contributed by atoms with E-state index in [1.165, 1.54) is 0 Å². The highest BCUT2D eigenvalue weighted by Gasteiger charge is 2.21.